The predicted octanol–water partition coefficient (Wildman–Crippen LogP) is 3.82. The third kappa shape index (κ3) is 2.47. The monoisotopic (exact) mass is 263 g/mol. The van der Waals surface area contributed by atoms with E-state index in [4.69, 9.17) is 0 Å². The Bertz CT molecular complexity index is 768. The van der Waals surface area contributed by atoms with Crippen molar-refractivity contribution in [2.45, 2.75) is 0 Å². The molecule has 0 aliphatic carbocycles. The third-order valence-corrected chi connectivity index (χ3v) is 3.06. The largest absolute Gasteiger partial charge is 0.508 e. The zero-order chi connectivity index (χ0) is 13.9. The summed E-state index contributed by atoms with van der Waals surface area (Å²) >= 11 is 0. The molecule has 0 spiro atoms. The van der Waals surface area contributed by atoms with Gasteiger partial charge in [0, 0.05) is 17.6 Å². The van der Waals surface area contributed by atoms with E-state index in [1.165, 1.54) is 6.07 Å². The van der Waals surface area contributed by atoms with Crippen LogP contribution in [0.25, 0.3) is 23.1 Å². The fourth-order valence-electron chi connectivity index (χ4n) is 2.16. The van der Waals surface area contributed by atoms with Crippen LogP contribution in [0.2, 0.25) is 0 Å². The van der Waals surface area contributed by atoms with Crippen LogP contribution >= 0.6 is 0 Å². The number of hydrogen-bond donors (Lipinski definition) is 2. The maximum atomic E-state index is 9.46. The summed E-state index contributed by atoms with van der Waals surface area (Å²) in [6.45, 7) is 0. The van der Waals surface area contributed by atoms with E-state index in [-0.39, 0.29) is 11.5 Å². The van der Waals surface area contributed by atoms with E-state index < -0.39 is 0 Å². The minimum Gasteiger partial charge on any atom is -0.508 e. The molecule has 0 fully saturated rings. The van der Waals surface area contributed by atoms with Crippen LogP contribution in [-0.4, -0.2) is 15.2 Å². The minimum absolute atomic E-state index is 0.0456. The lowest BCUT2D eigenvalue weighted by molar-refractivity contribution is 0.450. The molecule has 0 aliphatic heterocycles. The van der Waals surface area contributed by atoms with Crippen molar-refractivity contribution in [1.82, 2.24) is 4.98 Å². The van der Waals surface area contributed by atoms with Crippen molar-refractivity contribution in [3.63, 3.8) is 0 Å². The highest BCUT2D eigenvalue weighted by Gasteiger charge is 1.99. The lowest BCUT2D eigenvalue weighted by atomic mass is 10.1. The van der Waals surface area contributed by atoms with E-state index in [1.54, 1.807) is 18.3 Å². The molecule has 2 N–H and O–H groups in total. The van der Waals surface area contributed by atoms with Gasteiger partial charge in [-0.3, -0.25) is 4.98 Å². The molecule has 0 bridgehead atoms. The molecule has 20 heavy (non-hydrogen) atoms. The highest BCUT2D eigenvalue weighted by atomic mass is 16.3. The molecular weight excluding hydrogens is 250 g/mol. The molecule has 0 radical (unpaired) electrons. The van der Waals surface area contributed by atoms with Crippen LogP contribution in [0, 0.1) is 0 Å². The molecule has 2 aromatic carbocycles. The smallest absolute Gasteiger partial charge is 0.119 e. The molecule has 0 atom stereocenters. The van der Waals surface area contributed by atoms with Crippen molar-refractivity contribution >= 4 is 23.1 Å². The van der Waals surface area contributed by atoms with E-state index in [9.17, 15) is 10.2 Å². The highest BCUT2D eigenvalue weighted by molar-refractivity contribution is 5.90. The number of benzene rings is 2. The molecule has 0 unspecified atom stereocenters. The summed E-state index contributed by atoms with van der Waals surface area (Å²) < 4.78 is 0. The first kappa shape index (κ1) is 12.2. The number of phenols is 2. The molecule has 3 heteroatoms. The van der Waals surface area contributed by atoms with Gasteiger partial charge in [0.2, 0.25) is 0 Å². The lowest BCUT2D eigenvalue weighted by Crippen LogP contribution is -1.81. The number of aromatic nitrogens is 1. The third-order valence-electron chi connectivity index (χ3n) is 3.06. The number of phenolic OH excluding ortho intramolecular Hbond substituents is 2. The van der Waals surface area contributed by atoms with Crippen molar-refractivity contribution in [1.29, 1.82) is 0 Å². The molecule has 1 heterocycles. The molecule has 3 aromatic rings. The second-order valence-electron chi connectivity index (χ2n) is 4.53. The van der Waals surface area contributed by atoms with Gasteiger partial charge in [0.25, 0.3) is 0 Å². The van der Waals surface area contributed by atoms with Gasteiger partial charge in [0.15, 0.2) is 0 Å². The molecule has 0 saturated carbocycles. The summed E-state index contributed by atoms with van der Waals surface area (Å²) in [4.78, 5) is 4.31. The first-order chi connectivity index (χ1) is 9.72. The maximum Gasteiger partial charge on any atom is 0.119 e. The molecule has 3 nitrogen and oxygen atoms in total. The summed E-state index contributed by atoms with van der Waals surface area (Å²) in [5, 5.41) is 20.0. The van der Waals surface area contributed by atoms with Gasteiger partial charge in [-0.05, 0) is 35.4 Å². The van der Waals surface area contributed by atoms with Gasteiger partial charge in [-0.25, -0.2) is 0 Å². The maximum absolute atomic E-state index is 9.46. The van der Waals surface area contributed by atoms with E-state index >= 15 is 0 Å². The van der Waals surface area contributed by atoms with Gasteiger partial charge in [0.1, 0.15) is 11.5 Å². The topological polar surface area (TPSA) is 53.4 Å². The van der Waals surface area contributed by atoms with Gasteiger partial charge in [-0.15, -0.1) is 0 Å². The van der Waals surface area contributed by atoms with Gasteiger partial charge < -0.3 is 10.2 Å². The molecule has 3 rings (SSSR count). The molecule has 98 valence electrons. The van der Waals surface area contributed by atoms with E-state index in [0.29, 0.717) is 0 Å². The standard InChI is InChI=1S/C17H13NO2/c19-14-9-12(10-15(20)11-14)5-6-13-7-8-18-17-4-2-1-3-16(13)17/h1-11,19-20H/b6-5+. The van der Waals surface area contributed by atoms with Crippen molar-refractivity contribution < 1.29 is 10.2 Å². The number of rotatable bonds is 2. The number of aromatic hydroxyl groups is 2. The summed E-state index contributed by atoms with van der Waals surface area (Å²) in [5.41, 5.74) is 2.72. The van der Waals surface area contributed by atoms with Crippen molar-refractivity contribution in [3.05, 3.63) is 65.9 Å². The van der Waals surface area contributed by atoms with Crippen LogP contribution in [0.5, 0.6) is 11.5 Å². The zero-order valence-electron chi connectivity index (χ0n) is 10.7. The molecule has 0 amide bonds. The fourth-order valence-corrected chi connectivity index (χ4v) is 2.16. The normalized spacial score (nSPS) is 11.2. The van der Waals surface area contributed by atoms with Crippen molar-refractivity contribution in [3.8, 4) is 11.5 Å². The summed E-state index contributed by atoms with van der Waals surface area (Å²) in [5.74, 6) is 0.0912. The fraction of sp³-hybridized carbons (Fsp3) is 0. The van der Waals surface area contributed by atoms with Gasteiger partial charge >= 0.3 is 0 Å². The van der Waals surface area contributed by atoms with Crippen LogP contribution in [0.4, 0.5) is 0 Å². The number of pyridine rings is 1. The second-order valence-corrected chi connectivity index (χ2v) is 4.53. The number of hydrogen-bond acceptors (Lipinski definition) is 3. The highest BCUT2D eigenvalue weighted by Crippen LogP contribution is 2.23. The molecular formula is C17H13NO2. The SMILES string of the molecule is Oc1cc(O)cc(/C=C/c2ccnc3ccccc23)c1. The van der Waals surface area contributed by atoms with E-state index in [2.05, 4.69) is 4.98 Å². The average molecular weight is 263 g/mol. The Morgan fingerprint density at radius 1 is 0.850 bits per heavy atom. The minimum atomic E-state index is 0.0456. The Hall–Kier alpha value is -2.81. The molecule has 0 aliphatic rings. The van der Waals surface area contributed by atoms with Gasteiger partial charge in [-0.2, -0.15) is 0 Å². The Morgan fingerprint density at radius 3 is 2.40 bits per heavy atom. The van der Waals surface area contributed by atoms with Gasteiger partial charge in [-0.1, -0.05) is 30.4 Å². The van der Waals surface area contributed by atoms with E-state index in [1.807, 2.05) is 42.5 Å². The number of para-hydroxylation sites is 1. The molecule has 1 aromatic heterocycles. The summed E-state index contributed by atoms with van der Waals surface area (Å²) in [6, 6.07) is 14.3. The van der Waals surface area contributed by atoms with Crippen LogP contribution in [0.15, 0.2) is 54.7 Å². The summed E-state index contributed by atoms with van der Waals surface area (Å²) in [6.07, 6.45) is 5.56. The number of fused-ring (bicyclic) bond motifs is 1. The van der Waals surface area contributed by atoms with Crippen LogP contribution in [-0.2, 0) is 0 Å². The quantitative estimate of drug-likeness (QED) is 0.739. The lowest BCUT2D eigenvalue weighted by Gasteiger charge is -2.01. The average Bonchev–Trinajstić information content (AvgIpc) is 2.44. The van der Waals surface area contributed by atoms with Gasteiger partial charge in [0.05, 0.1) is 5.52 Å². The van der Waals surface area contributed by atoms with Crippen LogP contribution in [0.3, 0.4) is 0 Å². The number of nitrogens with zero attached hydrogens (tertiary/aromatic N) is 1. The van der Waals surface area contributed by atoms with Crippen molar-refractivity contribution in [2.75, 3.05) is 0 Å². The van der Waals surface area contributed by atoms with Crippen LogP contribution in [0.1, 0.15) is 11.1 Å². The summed E-state index contributed by atoms with van der Waals surface area (Å²) in [7, 11) is 0. The second kappa shape index (κ2) is 5.05. The Morgan fingerprint density at radius 2 is 1.60 bits per heavy atom. The Balaban J connectivity index is 2.02. The van der Waals surface area contributed by atoms with E-state index in [0.717, 1.165) is 22.0 Å². The Labute approximate surface area is 116 Å². The molecule has 0 saturated heterocycles. The zero-order valence-corrected chi connectivity index (χ0v) is 10.7. The first-order valence-corrected chi connectivity index (χ1v) is 6.27. The predicted molar refractivity (Wildman–Crippen MR) is 80.4 cm³/mol. The van der Waals surface area contributed by atoms with Crippen LogP contribution < -0.4 is 0 Å². The van der Waals surface area contributed by atoms with Crippen molar-refractivity contribution in [2.24, 2.45) is 0 Å². The Kier molecular flexibility index (Phi) is 3.09. The first-order valence-electron chi connectivity index (χ1n) is 6.27.